The molecule has 106 valence electrons. The maximum absolute atomic E-state index is 5.95. The summed E-state index contributed by atoms with van der Waals surface area (Å²) in [6, 6.07) is 8.67. The smallest absolute Gasteiger partial charge is 0.0987 e. The van der Waals surface area contributed by atoms with Crippen molar-refractivity contribution in [1.29, 1.82) is 0 Å². The Morgan fingerprint density at radius 1 is 1.42 bits per heavy atom. The van der Waals surface area contributed by atoms with Gasteiger partial charge in [0.15, 0.2) is 0 Å². The van der Waals surface area contributed by atoms with Crippen molar-refractivity contribution < 1.29 is 9.47 Å². The van der Waals surface area contributed by atoms with Crippen LogP contribution >= 0.6 is 15.9 Å². The maximum atomic E-state index is 5.95. The van der Waals surface area contributed by atoms with Crippen molar-refractivity contribution >= 4 is 15.9 Å². The number of hydrogen-bond donors (Lipinski definition) is 1. The van der Waals surface area contributed by atoms with Crippen LogP contribution in [-0.2, 0) is 16.1 Å². The molecule has 0 aromatic heterocycles. The Morgan fingerprint density at radius 2 is 2.26 bits per heavy atom. The number of methoxy groups -OCH3 is 1. The summed E-state index contributed by atoms with van der Waals surface area (Å²) in [4.78, 5) is 0. The van der Waals surface area contributed by atoms with Gasteiger partial charge < -0.3 is 14.8 Å². The highest BCUT2D eigenvalue weighted by Crippen LogP contribution is 2.28. The van der Waals surface area contributed by atoms with Crippen molar-refractivity contribution in [2.45, 2.75) is 44.6 Å². The molecule has 3 unspecified atom stereocenters. The summed E-state index contributed by atoms with van der Waals surface area (Å²) in [5, 5.41) is 3.49. The molecular weight excluding hydrogens is 306 g/mol. The van der Waals surface area contributed by atoms with Gasteiger partial charge in [-0.25, -0.2) is 0 Å². The van der Waals surface area contributed by atoms with Crippen molar-refractivity contribution in [3.63, 3.8) is 0 Å². The molecule has 1 aromatic rings. The number of ether oxygens (including phenoxy) is 2. The minimum Gasteiger partial charge on any atom is -0.377 e. The van der Waals surface area contributed by atoms with Gasteiger partial charge >= 0.3 is 0 Å². The molecule has 19 heavy (non-hydrogen) atoms. The van der Waals surface area contributed by atoms with Gasteiger partial charge in [0.25, 0.3) is 0 Å². The fraction of sp³-hybridized carbons (Fsp3) is 0.600. The van der Waals surface area contributed by atoms with Crippen molar-refractivity contribution in [2.75, 3.05) is 13.7 Å². The number of benzene rings is 1. The lowest BCUT2D eigenvalue weighted by Crippen LogP contribution is -2.59. The van der Waals surface area contributed by atoms with Crippen LogP contribution in [-0.4, -0.2) is 31.9 Å². The fourth-order valence-electron chi connectivity index (χ4n) is 2.42. The van der Waals surface area contributed by atoms with Crippen LogP contribution in [0.3, 0.4) is 0 Å². The van der Waals surface area contributed by atoms with E-state index in [-0.39, 0.29) is 12.2 Å². The van der Waals surface area contributed by atoms with Crippen LogP contribution in [0.15, 0.2) is 28.7 Å². The van der Waals surface area contributed by atoms with E-state index in [1.165, 1.54) is 5.56 Å². The zero-order chi connectivity index (χ0) is 13.7. The Bertz CT molecular complexity index is 399. The van der Waals surface area contributed by atoms with Crippen LogP contribution in [0.2, 0.25) is 0 Å². The Kier molecular flexibility index (Phi) is 5.82. The van der Waals surface area contributed by atoms with Gasteiger partial charge in [0.2, 0.25) is 0 Å². The van der Waals surface area contributed by atoms with Gasteiger partial charge in [-0.2, -0.15) is 0 Å². The highest BCUT2D eigenvalue weighted by molar-refractivity contribution is 9.10. The standard InChI is InChI=1S/C15H22BrNO2/c1-3-7-17-13-9-14(15(13)18-2)19-10-11-5-4-6-12(16)8-11/h4-6,8,13-15,17H,3,7,9-10H2,1-2H3. The molecular formula is C15H22BrNO2. The van der Waals surface area contributed by atoms with Crippen LogP contribution in [0.4, 0.5) is 0 Å². The van der Waals surface area contributed by atoms with E-state index in [4.69, 9.17) is 9.47 Å². The third-order valence-corrected chi connectivity index (χ3v) is 4.02. The van der Waals surface area contributed by atoms with Gasteiger partial charge in [0.1, 0.15) is 0 Å². The molecule has 3 nitrogen and oxygen atoms in total. The summed E-state index contributed by atoms with van der Waals surface area (Å²) < 4.78 is 12.6. The van der Waals surface area contributed by atoms with Crippen LogP contribution < -0.4 is 5.32 Å². The predicted molar refractivity (Wildman–Crippen MR) is 80.2 cm³/mol. The van der Waals surface area contributed by atoms with Crippen LogP contribution in [0.1, 0.15) is 25.3 Å². The summed E-state index contributed by atoms with van der Waals surface area (Å²) in [6.07, 6.45) is 2.57. The average Bonchev–Trinajstić information content (AvgIpc) is 2.37. The molecule has 0 aliphatic heterocycles. The lowest BCUT2D eigenvalue weighted by molar-refractivity contribution is -0.139. The van der Waals surface area contributed by atoms with E-state index in [9.17, 15) is 0 Å². The van der Waals surface area contributed by atoms with Crippen LogP contribution in [0, 0.1) is 0 Å². The molecule has 0 radical (unpaired) electrons. The van der Waals surface area contributed by atoms with Crippen molar-refractivity contribution in [2.24, 2.45) is 0 Å². The third kappa shape index (κ3) is 4.02. The Morgan fingerprint density at radius 3 is 2.95 bits per heavy atom. The second-order valence-corrected chi connectivity index (χ2v) is 5.89. The minimum atomic E-state index is 0.179. The van der Waals surface area contributed by atoms with Crippen LogP contribution in [0.25, 0.3) is 0 Å². The summed E-state index contributed by atoms with van der Waals surface area (Å²) in [5.41, 5.74) is 1.19. The molecule has 2 rings (SSSR count). The maximum Gasteiger partial charge on any atom is 0.0987 e. The highest BCUT2D eigenvalue weighted by Gasteiger charge is 2.41. The van der Waals surface area contributed by atoms with Gasteiger partial charge in [-0.05, 0) is 37.1 Å². The first-order valence-corrected chi connectivity index (χ1v) is 7.66. The summed E-state index contributed by atoms with van der Waals surface area (Å²) in [5.74, 6) is 0. The molecule has 0 spiro atoms. The molecule has 0 heterocycles. The van der Waals surface area contributed by atoms with Crippen molar-refractivity contribution in [3.8, 4) is 0 Å². The van der Waals surface area contributed by atoms with Gasteiger partial charge in [0, 0.05) is 17.6 Å². The first kappa shape index (κ1) is 15.0. The largest absolute Gasteiger partial charge is 0.377 e. The molecule has 0 amide bonds. The second-order valence-electron chi connectivity index (χ2n) is 4.98. The molecule has 1 aromatic carbocycles. The molecule has 1 saturated carbocycles. The molecule has 4 heteroatoms. The molecule has 1 N–H and O–H groups in total. The van der Waals surface area contributed by atoms with E-state index in [2.05, 4.69) is 40.3 Å². The first-order chi connectivity index (χ1) is 9.24. The van der Waals surface area contributed by atoms with Crippen molar-refractivity contribution in [1.82, 2.24) is 5.32 Å². The van der Waals surface area contributed by atoms with Gasteiger partial charge in [-0.15, -0.1) is 0 Å². The topological polar surface area (TPSA) is 30.5 Å². The normalized spacial score (nSPS) is 26.2. The molecule has 0 saturated heterocycles. The number of rotatable bonds is 7. The zero-order valence-corrected chi connectivity index (χ0v) is 13.2. The van der Waals surface area contributed by atoms with E-state index < -0.39 is 0 Å². The molecule has 0 bridgehead atoms. The van der Waals surface area contributed by atoms with Gasteiger partial charge in [0.05, 0.1) is 18.8 Å². The summed E-state index contributed by atoms with van der Waals surface area (Å²) in [6.45, 7) is 3.86. The lowest BCUT2D eigenvalue weighted by Gasteiger charge is -2.43. The molecule has 1 aliphatic rings. The molecule has 3 atom stereocenters. The van der Waals surface area contributed by atoms with E-state index >= 15 is 0 Å². The quantitative estimate of drug-likeness (QED) is 0.834. The lowest BCUT2D eigenvalue weighted by atomic mass is 9.85. The highest BCUT2D eigenvalue weighted by atomic mass is 79.9. The Labute approximate surface area is 123 Å². The Hall–Kier alpha value is -0.420. The zero-order valence-electron chi connectivity index (χ0n) is 11.6. The minimum absolute atomic E-state index is 0.179. The molecule has 1 fully saturated rings. The van der Waals surface area contributed by atoms with Crippen molar-refractivity contribution in [3.05, 3.63) is 34.3 Å². The predicted octanol–water partition coefficient (Wildman–Crippen LogP) is 3.12. The fourth-order valence-corrected chi connectivity index (χ4v) is 2.87. The van der Waals surface area contributed by atoms with E-state index in [1.807, 2.05) is 12.1 Å². The average molecular weight is 328 g/mol. The molecule has 1 aliphatic carbocycles. The van der Waals surface area contributed by atoms with Crippen LogP contribution in [0.5, 0.6) is 0 Å². The summed E-state index contributed by atoms with van der Waals surface area (Å²) >= 11 is 3.47. The first-order valence-electron chi connectivity index (χ1n) is 6.86. The third-order valence-electron chi connectivity index (χ3n) is 3.53. The Balaban J connectivity index is 1.78. The van der Waals surface area contributed by atoms with E-state index in [0.29, 0.717) is 12.6 Å². The number of nitrogens with one attached hydrogen (secondary N) is 1. The monoisotopic (exact) mass is 327 g/mol. The number of hydrogen-bond acceptors (Lipinski definition) is 3. The summed E-state index contributed by atoms with van der Waals surface area (Å²) in [7, 11) is 1.76. The van der Waals surface area contributed by atoms with E-state index in [1.54, 1.807) is 7.11 Å². The second kappa shape index (κ2) is 7.39. The van der Waals surface area contributed by atoms with E-state index in [0.717, 1.165) is 23.9 Å². The van der Waals surface area contributed by atoms with Gasteiger partial charge in [-0.1, -0.05) is 35.0 Å². The number of halogens is 1. The SMILES string of the molecule is CCCNC1CC(OCc2cccc(Br)c2)C1OC. The van der Waals surface area contributed by atoms with Gasteiger partial charge in [-0.3, -0.25) is 0 Å².